The van der Waals surface area contributed by atoms with Gasteiger partial charge >= 0.3 is 0 Å². The number of imidazole rings is 1. The standard InChI is InChI=1S/C24H19BrClN3O2/c1-2-3-7-22-28-24(26)19(14-30)29(22)13-15-8-9-20-17(10-15)11-21(31-20)23-16(12-27)5-4-6-18(23)25/h4-6,8-11,14H,2-3,7,13H2,1H3. The van der Waals surface area contributed by atoms with Crippen molar-refractivity contribution in [2.45, 2.75) is 32.7 Å². The summed E-state index contributed by atoms with van der Waals surface area (Å²) in [5.41, 5.74) is 3.39. The van der Waals surface area contributed by atoms with Crippen LogP contribution in [0.5, 0.6) is 0 Å². The van der Waals surface area contributed by atoms with Gasteiger partial charge in [0.15, 0.2) is 11.4 Å². The zero-order valence-corrected chi connectivity index (χ0v) is 19.2. The smallest absolute Gasteiger partial charge is 0.169 e. The number of carbonyl (C=O) groups excluding carboxylic acids is 1. The highest BCUT2D eigenvalue weighted by molar-refractivity contribution is 9.10. The highest BCUT2D eigenvalue weighted by Crippen LogP contribution is 2.35. The van der Waals surface area contributed by atoms with Gasteiger partial charge in [-0.15, -0.1) is 0 Å². The third kappa shape index (κ3) is 4.16. The lowest BCUT2D eigenvalue weighted by Crippen LogP contribution is -2.08. The zero-order chi connectivity index (χ0) is 22.0. The Kier molecular flexibility index (Phi) is 6.26. The summed E-state index contributed by atoms with van der Waals surface area (Å²) in [5, 5.41) is 10.6. The first-order valence-corrected chi connectivity index (χ1v) is 11.1. The second kappa shape index (κ2) is 9.09. The highest BCUT2D eigenvalue weighted by Gasteiger charge is 2.17. The van der Waals surface area contributed by atoms with Crippen LogP contribution in [0.15, 0.2) is 51.4 Å². The summed E-state index contributed by atoms with van der Waals surface area (Å²) in [7, 11) is 0. The van der Waals surface area contributed by atoms with E-state index in [1.165, 1.54) is 0 Å². The number of fused-ring (bicyclic) bond motifs is 1. The maximum atomic E-state index is 11.6. The molecule has 0 atom stereocenters. The predicted molar refractivity (Wildman–Crippen MR) is 124 cm³/mol. The molecule has 5 nitrogen and oxygen atoms in total. The maximum Gasteiger partial charge on any atom is 0.169 e. The van der Waals surface area contributed by atoms with Crippen molar-refractivity contribution in [3.63, 3.8) is 0 Å². The molecular formula is C24H19BrClN3O2. The molecule has 0 saturated heterocycles. The Labute approximate surface area is 193 Å². The number of hydrogen-bond donors (Lipinski definition) is 0. The van der Waals surface area contributed by atoms with E-state index in [0.29, 0.717) is 23.6 Å². The van der Waals surface area contributed by atoms with E-state index in [-0.39, 0.29) is 5.15 Å². The third-order valence-corrected chi connectivity index (χ3v) is 6.15. The number of nitrogens with zero attached hydrogens (tertiary/aromatic N) is 3. The third-order valence-electron chi connectivity index (χ3n) is 5.21. The number of aryl methyl sites for hydroxylation is 1. The first-order chi connectivity index (χ1) is 15.0. The topological polar surface area (TPSA) is 71.8 Å². The van der Waals surface area contributed by atoms with Crippen LogP contribution in [0.25, 0.3) is 22.3 Å². The van der Waals surface area contributed by atoms with Crippen LogP contribution in [0.4, 0.5) is 0 Å². The second-order valence-corrected chi connectivity index (χ2v) is 8.48. The second-order valence-electron chi connectivity index (χ2n) is 7.27. The molecule has 0 amide bonds. The number of rotatable bonds is 7. The number of aldehydes is 1. The summed E-state index contributed by atoms with van der Waals surface area (Å²) < 4.78 is 8.72. The number of furan rings is 1. The zero-order valence-electron chi connectivity index (χ0n) is 16.9. The molecule has 31 heavy (non-hydrogen) atoms. The quantitative estimate of drug-likeness (QED) is 0.264. The largest absolute Gasteiger partial charge is 0.456 e. The van der Waals surface area contributed by atoms with Crippen LogP contribution in [0.3, 0.4) is 0 Å². The molecule has 0 aliphatic heterocycles. The number of unbranched alkanes of at least 4 members (excludes halogenated alkanes) is 1. The van der Waals surface area contributed by atoms with Gasteiger partial charge in [0.1, 0.15) is 22.9 Å². The van der Waals surface area contributed by atoms with Crippen molar-refractivity contribution in [2.75, 3.05) is 0 Å². The van der Waals surface area contributed by atoms with Crippen molar-refractivity contribution in [3.05, 3.63) is 74.7 Å². The molecule has 2 aromatic carbocycles. The van der Waals surface area contributed by atoms with Gasteiger partial charge in [0.25, 0.3) is 0 Å². The molecular weight excluding hydrogens is 478 g/mol. The SMILES string of the molecule is CCCCc1nc(Cl)c(C=O)n1Cc1ccc2oc(-c3c(Br)cccc3C#N)cc2c1. The minimum Gasteiger partial charge on any atom is -0.456 e. The molecule has 0 radical (unpaired) electrons. The monoisotopic (exact) mass is 495 g/mol. The molecule has 7 heteroatoms. The molecule has 0 saturated carbocycles. The van der Waals surface area contributed by atoms with E-state index in [2.05, 4.69) is 33.9 Å². The van der Waals surface area contributed by atoms with Crippen LogP contribution in [-0.2, 0) is 13.0 Å². The van der Waals surface area contributed by atoms with Crippen molar-refractivity contribution < 1.29 is 9.21 Å². The molecule has 0 unspecified atom stereocenters. The van der Waals surface area contributed by atoms with E-state index in [1.807, 2.05) is 41.0 Å². The number of benzene rings is 2. The van der Waals surface area contributed by atoms with Crippen LogP contribution >= 0.6 is 27.5 Å². The minimum absolute atomic E-state index is 0.241. The van der Waals surface area contributed by atoms with Gasteiger partial charge in [-0.1, -0.05) is 37.1 Å². The van der Waals surface area contributed by atoms with Gasteiger partial charge in [-0.2, -0.15) is 5.26 Å². The minimum atomic E-state index is 0.241. The maximum absolute atomic E-state index is 11.6. The number of halogens is 2. The van der Waals surface area contributed by atoms with Crippen molar-refractivity contribution in [1.82, 2.24) is 9.55 Å². The number of hydrogen-bond acceptors (Lipinski definition) is 4. The predicted octanol–water partition coefficient (Wildman–Crippen LogP) is 6.79. The fourth-order valence-corrected chi connectivity index (χ4v) is 4.47. The average molecular weight is 497 g/mol. The molecule has 4 rings (SSSR count). The van der Waals surface area contributed by atoms with Gasteiger partial charge < -0.3 is 8.98 Å². The van der Waals surface area contributed by atoms with E-state index in [1.54, 1.807) is 6.07 Å². The van der Waals surface area contributed by atoms with Gasteiger partial charge in [0.2, 0.25) is 0 Å². The molecule has 0 aliphatic rings. The van der Waals surface area contributed by atoms with Crippen molar-refractivity contribution in [3.8, 4) is 17.4 Å². The van der Waals surface area contributed by atoms with Crippen molar-refractivity contribution in [2.24, 2.45) is 0 Å². The van der Waals surface area contributed by atoms with E-state index >= 15 is 0 Å². The van der Waals surface area contributed by atoms with Crippen LogP contribution in [0.2, 0.25) is 5.15 Å². The van der Waals surface area contributed by atoms with Gasteiger partial charge in [-0.25, -0.2) is 4.98 Å². The van der Waals surface area contributed by atoms with E-state index in [0.717, 1.165) is 57.9 Å². The molecule has 156 valence electrons. The van der Waals surface area contributed by atoms with E-state index < -0.39 is 0 Å². The summed E-state index contributed by atoms with van der Waals surface area (Å²) in [4.78, 5) is 16.0. The molecule has 0 bridgehead atoms. The number of nitriles is 1. The Morgan fingerprint density at radius 1 is 1.29 bits per heavy atom. The lowest BCUT2D eigenvalue weighted by Gasteiger charge is -2.09. The van der Waals surface area contributed by atoms with E-state index in [4.69, 9.17) is 16.0 Å². The highest BCUT2D eigenvalue weighted by atomic mass is 79.9. The lowest BCUT2D eigenvalue weighted by atomic mass is 10.1. The fraction of sp³-hybridized carbons (Fsp3) is 0.208. The molecule has 0 spiro atoms. The lowest BCUT2D eigenvalue weighted by molar-refractivity contribution is 0.111. The first kappa shape index (κ1) is 21.4. The van der Waals surface area contributed by atoms with Crippen LogP contribution in [0.1, 0.15) is 47.2 Å². The van der Waals surface area contributed by atoms with Crippen molar-refractivity contribution >= 4 is 44.8 Å². The summed E-state index contributed by atoms with van der Waals surface area (Å²) >= 11 is 9.72. The Bertz CT molecular complexity index is 1320. The fourth-order valence-electron chi connectivity index (χ4n) is 3.66. The van der Waals surface area contributed by atoms with Crippen LogP contribution in [0, 0.1) is 11.3 Å². The van der Waals surface area contributed by atoms with E-state index in [9.17, 15) is 10.1 Å². The molecule has 4 aromatic rings. The molecule has 0 aliphatic carbocycles. The average Bonchev–Trinajstić information content (AvgIpc) is 3.31. The molecule has 2 heterocycles. The number of aromatic nitrogens is 2. The molecule has 0 fully saturated rings. The Morgan fingerprint density at radius 2 is 2.13 bits per heavy atom. The van der Waals surface area contributed by atoms with Crippen molar-refractivity contribution in [1.29, 1.82) is 5.26 Å². The molecule has 0 N–H and O–H groups in total. The van der Waals surface area contributed by atoms with Gasteiger partial charge in [-0.05, 0) is 58.2 Å². The summed E-state index contributed by atoms with van der Waals surface area (Å²) in [6, 6.07) is 15.5. The summed E-state index contributed by atoms with van der Waals surface area (Å²) in [6.45, 7) is 2.60. The Hall–Kier alpha value is -2.88. The van der Waals surface area contributed by atoms with Gasteiger partial charge in [-0.3, -0.25) is 4.79 Å². The Morgan fingerprint density at radius 3 is 2.87 bits per heavy atom. The molecule has 2 aromatic heterocycles. The number of carbonyl (C=O) groups is 1. The first-order valence-electron chi connectivity index (χ1n) is 9.97. The Balaban J connectivity index is 1.73. The summed E-state index contributed by atoms with van der Waals surface area (Å²) in [6.07, 6.45) is 3.53. The van der Waals surface area contributed by atoms with Gasteiger partial charge in [0.05, 0.1) is 11.6 Å². The van der Waals surface area contributed by atoms with Crippen LogP contribution < -0.4 is 0 Å². The van der Waals surface area contributed by atoms with Gasteiger partial charge in [0, 0.05) is 28.4 Å². The van der Waals surface area contributed by atoms with Crippen LogP contribution in [-0.4, -0.2) is 15.8 Å². The summed E-state index contributed by atoms with van der Waals surface area (Å²) in [5.74, 6) is 1.44. The normalized spacial score (nSPS) is 11.0.